The van der Waals surface area contributed by atoms with Crippen molar-refractivity contribution in [2.45, 2.75) is 24.1 Å². The van der Waals surface area contributed by atoms with Crippen LogP contribution in [0.25, 0.3) is 0 Å². The van der Waals surface area contributed by atoms with Gasteiger partial charge >= 0.3 is 0 Å². The molecule has 0 aromatic heterocycles. The number of fused-ring (bicyclic) bond motifs is 1. The zero-order valence-electron chi connectivity index (χ0n) is 16.9. The Morgan fingerprint density at radius 3 is 2.70 bits per heavy atom. The van der Waals surface area contributed by atoms with Crippen molar-refractivity contribution in [2.24, 2.45) is 4.99 Å². The van der Waals surface area contributed by atoms with E-state index in [1.807, 2.05) is 24.3 Å². The Bertz CT molecular complexity index is 883. The summed E-state index contributed by atoms with van der Waals surface area (Å²) in [6.45, 7) is 5.21. The van der Waals surface area contributed by atoms with E-state index in [9.17, 15) is 13.2 Å². The Hall–Kier alpha value is -1.62. The molecule has 10 heteroatoms. The molecule has 1 aromatic rings. The van der Waals surface area contributed by atoms with Crippen molar-refractivity contribution in [1.29, 1.82) is 0 Å². The smallest absolute Gasteiger partial charge is 0.224 e. The number of anilines is 1. The number of carbonyl (C=O) groups excluding carboxylic acids is 1. The van der Waals surface area contributed by atoms with Crippen molar-refractivity contribution in [3.05, 3.63) is 29.8 Å². The largest absolute Gasteiger partial charge is 0.379 e. The highest BCUT2D eigenvalue weighted by molar-refractivity contribution is 8.15. The minimum atomic E-state index is -2.93. The van der Waals surface area contributed by atoms with E-state index in [2.05, 4.69) is 20.5 Å². The van der Waals surface area contributed by atoms with Crippen LogP contribution in [0, 0.1) is 0 Å². The van der Waals surface area contributed by atoms with Crippen LogP contribution >= 0.6 is 11.8 Å². The van der Waals surface area contributed by atoms with Crippen molar-refractivity contribution in [2.75, 3.05) is 56.2 Å². The van der Waals surface area contributed by atoms with Crippen LogP contribution in [0.15, 0.2) is 29.3 Å². The number of carbonyl (C=O) groups is 1. The lowest BCUT2D eigenvalue weighted by Crippen LogP contribution is -2.38. The molecule has 1 amide bonds. The number of amidine groups is 1. The summed E-state index contributed by atoms with van der Waals surface area (Å²) >= 11 is 1.50. The Morgan fingerprint density at radius 2 is 1.97 bits per heavy atom. The number of rotatable bonds is 7. The van der Waals surface area contributed by atoms with Gasteiger partial charge in [-0.05, 0) is 30.7 Å². The van der Waals surface area contributed by atoms with Crippen LogP contribution in [0.3, 0.4) is 0 Å². The van der Waals surface area contributed by atoms with E-state index in [1.165, 1.54) is 11.8 Å². The minimum absolute atomic E-state index is 0.0300. The molecular weight excluding hydrogens is 424 g/mol. The monoisotopic (exact) mass is 452 g/mol. The molecular formula is C20H28N4O4S2. The number of sulfone groups is 1. The van der Waals surface area contributed by atoms with Gasteiger partial charge in [0.15, 0.2) is 15.0 Å². The Balaban J connectivity index is 1.17. The van der Waals surface area contributed by atoms with Gasteiger partial charge in [-0.2, -0.15) is 0 Å². The van der Waals surface area contributed by atoms with Gasteiger partial charge in [-0.15, -0.1) is 0 Å². The predicted octanol–water partition coefficient (Wildman–Crippen LogP) is 0.748. The fourth-order valence-corrected chi connectivity index (χ4v) is 7.52. The number of nitrogens with zero attached hydrogens (tertiary/aromatic N) is 2. The van der Waals surface area contributed by atoms with Crippen LogP contribution in [0.4, 0.5) is 5.69 Å². The van der Waals surface area contributed by atoms with Crippen molar-refractivity contribution in [3.63, 3.8) is 0 Å². The quantitative estimate of drug-likeness (QED) is 0.589. The number of morpholine rings is 1. The molecule has 4 rings (SSSR count). The van der Waals surface area contributed by atoms with Crippen molar-refractivity contribution >= 4 is 38.4 Å². The maximum absolute atomic E-state index is 12.2. The van der Waals surface area contributed by atoms with Gasteiger partial charge in [0.1, 0.15) is 0 Å². The molecule has 2 fully saturated rings. The van der Waals surface area contributed by atoms with Crippen LogP contribution in [-0.2, 0) is 25.8 Å². The van der Waals surface area contributed by atoms with Gasteiger partial charge in [0, 0.05) is 30.6 Å². The van der Waals surface area contributed by atoms with Crippen molar-refractivity contribution in [1.82, 2.24) is 10.2 Å². The van der Waals surface area contributed by atoms with Crippen LogP contribution < -0.4 is 10.6 Å². The summed E-state index contributed by atoms with van der Waals surface area (Å²) in [5.74, 6) is 0.385. The summed E-state index contributed by atoms with van der Waals surface area (Å²) in [4.78, 5) is 19.0. The SMILES string of the molecule is O=C(Cc1ccc(NC2=NC3CS(=O)(=O)CC3S2)cc1)NCCCN1CCOCC1. The van der Waals surface area contributed by atoms with E-state index >= 15 is 0 Å². The molecule has 1 aromatic carbocycles. The second-order valence-electron chi connectivity index (χ2n) is 7.89. The van der Waals surface area contributed by atoms with Crippen LogP contribution in [0.2, 0.25) is 0 Å². The molecule has 2 N–H and O–H groups in total. The maximum Gasteiger partial charge on any atom is 0.224 e. The molecule has 30 heavy (non-hydrogen) atoms. The molecule has 0 saturated carbocycles. The fourth-order valence-electron chi connectivity index (χ4n) is 3.85. The lowest BCUT2D eigenvalue weighted by molar-refractivity contribution is -0.120. The molecule has 8 nitrogen and oxygen atoms in total. The fraction of sp³-hybridized carbons (Fsp3) is 0.600. The van der Waals surface area contributed by atoms with Gasteiger partial charge in [0.05, 0.1) is 37.2 Å². The summed E-state index contributed by atoms with van der Waals surface area (Å²) in [6, 6.07) is 7.58. The molecule has 2 atom stereocenters. The predicted molar refractivity (Wildman–Crippen MR) is 120 cm³/mol. The summed E-state index contributed by atoms with van der Waals surface area (Å²) in [5.41, 5.74) is 1.84. The maximum atomic E-state index is 12.2. The summed E-state index contributed by atoms with van der Waals surface area (Å²) in [5, 5.41) is 7.04. The summed E-state index contributed by atoms with van der Waals surface area (Å²) in [6.07, 6.45) is 1.30. The van der Waals surface area contributed by atoms with E-state index in [1.54, 1.807) is 0 Å². The molecule has 2 unspecified atom stereocenters. The second-order valence-corrected chi connectivity index (χ2v) is 11.3. The number of aliphatic imine (C=N–C) groups is 1. The number of benzene rings is 1. The third-order valence-corrected chi connectivity index (χ3v) is 8.61. The molecule has 3 heterocycles. The molecule has 3 aliphatic rings. The highest BCUT2D eigenvalue weighted by Crippen LogP contribution is 2.34. The normalized spacial score (nSPS) is 25.5. The third-order valence-electron chi connectivity index (χ3n) is 5.47. The van der Waals surface area contributed by atoms with E-state index in [4.69, 9.17) is 4.74 Å². The average Bonchev–Trinajstić information content (AvgIpc) is 3.20. The van der Waals surface area contributed by atoms with E-state index < -0.39 is 9.84 Å². The van der Waals surface area contributed by atoms with E-state index in [0.29, 0.717) is 13.0 Å². The average molecular weight is 453 g/mol. The van der Waals surface area contributed by atoms with Crippen LogP contribution in [0.5, 0.6) is 0 Å². The molecule has 0 radical (unpaired) electrons. The Kier molecular flexibility index (Phi) is 6.97. The van der Waals surface area contributed by atoms with Gasteiger partial charge in [0.25, 0.3) is 0 Å². The molecule has 0 aliphatic carbocycles. The first kappa shape index (κ1) is 21.6. The minimum Gasteiger partial charge on any atom is -0.379 e. The first-order valence-corrected chi connectivity index (χ1v) is 13.0. The first-order valence-electron chi connectivity index (χ1n) is 10.3. The highest BCUT2D eigenvalue weighted by Gasteiger charge is 2.42. The van der Waals surface area contributed by atoms with Crippen LogP contribution in [-0.4, -0.2) is 86.6 Å². The molecule has 0 spiro atoms. The lowest BCUT2D eigenvalue weighted by Gasteiger charge is -2.26. The summed E-state index contributed by atoms with van der Waals surface area (Å²) in [7, 11) is -2.93. The molecule has 2 saturated heterocycles. The molecule has 0 bridgehead atoms. The van der Waals surface area contributed by atoms with Crippen molar-refractivity contribution < 1.29 is 17.9 Å². The highest BCUT2D eigenvalue weighted by atomic mass is 32.2. The number of hydrogen-bond donors (Lipinski definition) is 2. The van der Waals surface area contributed by atoms with Gasteiger partial charge in [-0.1, -0.05) is 23.9 Å². The van der Waals surface area contributed by atoms with Gasteiger partial charge in [-0.25, -0.2) is 8.42 Å². The van der Waals surface area contributed by atoms with Gasteiger partial charge in [0.2, 0.25) is 5.91 Å². The van der Waals surface area contributed by atoms with Gasteiger partial charge < -0.3 is 15.4 Å². The number of hydrogen-bond acceptors (Lipinski definition) is 8. The number of amides is 1. The van der Waals surface area contributed by atoms with Crippen LogP contribution in [0.1, 0.15) is 12.0 Å². The van der Waals surface area contributed by atoms with Crippen molar-refractivity contribution in [3.8, 4) is 0 Å². The number of ether oxygens (including phenoxy) is 1. The van der Waals surface area contributed by atoms with Gasteiger partial charge in [-0.3, -0.25) is 14.7 Å². The number of nitrogens with one attached hydrogen (secondary N) is 2. The first-order chi connectivity index (χ1) is 14.5. The standard InChI is InChI=1S/C20H28N4O4S2/c25-19(21-6-1-7-24-8-10-28-11-9-24)12-15-2-4-16(5-3-15)22-20-23-17-13-30(26,27)14-18(17)29-20/h2-5,17-18H,1,6-14H2,(H,21,25)(H,22,23). The van der Waals surface area contributed by atoms with E-state index in [-0.39, 0.29) is 28.7 Å². The zero-order valence-corrected chi connectivity index (χ0v) is 18.5. The Morgan fingerprint density at radius 1 is 1.20 bits per heavy atom. The summed E-state index contributed by atoms with van der Waals surface area (Å²) < 4.78 is 28.6. The number of thioether (sulfide) groups is 1. The topological polar surface area (TPSA) is 100 Å². The molecule has 164 valence electrons. The zero-order chi connectivity index (χ0) is 21.0. The third kappa shape index (κ3) is 5.96. The van der Waals surface area contributed by atoms with E-state index in [0.717, 1.165) is 55.7 Å². The second kappa shape index (κ2) is 9.67. The lowest BCUT2D eigenvalue weighted by atomic mass is 10.1. The molecule has 3 aliphatic heterocycles. The Labute approximate surface area is 181 Å².